The number of amides is 1. The molecule has 5 nitrogen and oxygen atoms in total. The second kappa shape index (κ2) is 6.84. The number of aromatic nitrogens is 1. The van der Waals surface area contributed by atoms with E-state index < -0.39 is 0 Å². The predicted molar refractivity (Wildman–Crippen MR) is 101 cm³/mol. The van der Waals surface area contributed by atoms with Gasteiger partial charge in [-0.05, 0) is 42.8 Å². The van der Waals surface area contributed by atoms with E-state index in [0.717, 1.165) is 22.1 Å². The largest absolute Gasteiger partial charge is 0.497 e. The molecule has 1 aliphatic rings. The lowest BCUT2D eigenvalue weighted by molar-refractivity contribution is -0.118. The van der Waals surface area contributed by atoms with Gasteiger partial charge < -0.3 is 14.8 Å². The zero-order valence-electron chi connectivity index (χ0n) is 14.2. The average Bonchev–Trinajstić information content (AvgIpc) is 2.67. The summed E-state index contributed by atoms with van der Waals surface area (Å²) in [6, 6.07) is 11.0. The quantitative estimate of drug-likeness (QED) is 0.744. The maximum Gasteiger partial charge on any atom is 0.232 e. The van der Waals surface area contributed by atoms with Crippen LogP contribution in [-0.4, -0.2) is 24.6 Å². The molecular formula is C20H17ClN2O3. The first-order chi connectivity index (χ1) is 12.7. The summed E-state index contributed by atoms with van der Waals surface area (Å²) >= 11 is 6.11. The van der Waals surface area contributed by atoms with Crippen molar-refractivity contribution in [2.45, 2.75) is 12.3 Å². The van der Waals surface area contributed by atoms with Crippen LogP contribution in [0.25, 0.3) is 10.8 Å². The van der Waals surface area contributed by atoms with Crippen molar-refractivity contribution in [1.29, 1.82) is 0 Å². The minimum absolute atomic E-state index is 0.103. The van der Waals surface area contributed by atoms with Crippen molar-refractivity contribution >= 4 is 34.0 Å². The fourth-order valence-electron chi connectivity index (χ4n) is 3.23. The molecule has 0 saturated carbocycles. The van der Waals surface area contributed by atoms with Gasteiger partial charge in [0, 0.05) is 27.6 Å². The molecule has 0 bridgehead atoms. The minimum atomic E-state index is -0.321. The van der Waals surface area contributed by atoms with Gasteiger partial charge in [-0.15, -0.1) is 0 Å². The van der Waals surface area contributed by atoms with Gasteiger partial charge in [0.15, 0.2) is 0 Å². The van der Waals surface area contributed by atoms with Crippen LogP contribution >= 0.6 is 11.6 Å². The van der Waals surface area contributed by atoms with Crippen LogP contribution in [0.5, 0.6) is 11.5 Å². The van der Waals surface area contributed by atoms with Crippen molar-refractivity contribution in [2.24, 2.45) is 0 Å². The SMILES string of the molecule is COc1ccc2cncc(NC(=O)[C@@H]3CCOc4ccc(Cl)cc43)c2c1. The van der Waals surface area contributed by atoms with E-state index in [1.54, 1.807) is 37.7 Å². The van der Waals surface area contributed by atoms with Crippen molar-refractivity contribution in [3.05, 3.63) is 59.4 Å². The van der Waals surface area contributed by atoms with E-state index >= 15 is 0 Å². The standard InChI is InChI=1S/C20H17ClN2O3/c1-25-14-4-2-12-10-22-11-18(16(12)9-14)23-20(24)15-6-7-26-19-5-3-13(21)8-17(15)19/h2-5,8-11,15H,6-7H2,1H3,(H,23,24)/t15-/m1/s1. The molecule has 3 aromatic rings. The second-order valence-corrected chi connectivity index (χ2v) is 6.57. The zero-order valence-corrected chi connectivity index (χ0v) is 14.9. The highest BCUT2D eigenvalue weighted by atomic mass is 35.5. The molecule has 0 saturated heterocycles. The van der Waals surface area contributed by atoms with Gasteiger partial charge in [-0.1, -0.05) is 11.6 Å². The van der Waals surface area contributed by atoms with E-state index in [1.165, 1.54) is 0 Å². The highest BCUT2D eigenvalue weighted by Crippen LogP contribution is 2.36. The second-order valence-electron chi connectivity index (χ2n) is 6.14. The van der Waals surface area contributed by atoms with Gasteiger partial charge >= 0.3 is 0 Å². The van der Waals surface area contributed by atoms with Gasteiger partial charge in [0.1, 0.15) is 11.5 Å². The van der Waals surface area contributed by atoms with Crippen molar-refractivity contribution in [3.8, 4) is 11.5 Å². The number of carbonyl (C=O) groups excluding carboxylic acids is 1. The van der Waals surface area contributed by atoms with Gasteiger partial charge in [0.05, 0.1) is 31.5 Å². The Bertz CT molecular complexity index is 990. The van der Waals surface area contributed by atoms with E-state index in [2.05, 4.69) is 10.3 Å². The number of carbonyl (C=O) groups is 1. The predicted octanol–water partition coefficient (Wildman–Crippen LogP) is 4.40. The monoisotopic (exact) mass is 368 g/mol. The minimum Gasteiger partial charge on any atom is -0.497 e. The maximum atomic E-state index is 13.0. The molecular weight excluding hydrogens is 352 g/mol. The number of rotatable bonds is 3. The molecule has 6 heteroatoms. The molecule has 0 aliphatic carbocycles. The van der Waals surface area contributed by atoms with Crippen LogP contribution in [0.3, 0.4) is 0 Å². The number of anilines is 1. The average molecular weight is 369 g/mol. The number of hydrogen-bond donors (Lipinski definition) is 1. The summed E-state index contributed by atoms with van der Waals surface area (Å²) in [5.41, 5.74) is 1.47. The van der Waals surface area contributed by atoms with Gasteiger partial charge in [0.25, 0.3) is 0 Å². The summed E-state index contributed by atoms with van der Waals surface area (Å²) in [6.45, 7) is 0.494. The number of methoxy groups -OCH3 is 1. The number of hydrogen-bond acceptors (Lipinski definition) is 4. The molecule has 0 fully saturated rings. The van der Waals surface area contributed by atoms with Crippen LogP contribution in [0.15, 0.2) is 48.8 Å². The summed E-state index contributed by atoms with van der Waals surface area (Å²) in [4.78, 5) is 17.2. The Morgan fingerprint density at radius 2 is 2.15 bits per heavy atom. The van der Waals surface area contributed by atoms with Crippen LogP contribution in [0.2, 0.25) is 5.02 Å². The Morgan fingerprint density at radius 3 is 3.00 bits per heavy atom. The maximum absolute atomic E-state index is 13.0. The molecule has 0 spiro atoms. The Kier molecular flexibility index (Phi) is 4.39. The van der Waals surface area contributed by atoms with Gasteiger partial charge in [-0.3, -0.25) is 9.78 Å². The lowest BCUT2D eigenvalue weighted by Gasteiger charge is -2.25. The number of halogens is 1. The zero-order chi connectivity index (χ0) is 18.1. The van der Waals surface area contributed by atoms with Crippen molar-refractivity contribution in [3.63, 3.8) is 0 Å². The van der Waals surface area contributed by atoms with E-state index in [9.17, 15) is 4.79 Å². The van der Waals surface area contributed by atoms with Gasteiger partial charge in [-0.2, -0.15) is 0 Å². The first-order valence-corrected chi connectivity index (χ1v) is 8.68. The number of benzene rings is 2. The van der Waals surface area contributed by atoms with E-state index in [-0.39, 0.29) is 11.8 Å². The third-order valence-corrected chi connectivity index (χ3v) is 4.79. The van der Waals surface area contributed by atoms with Crippen LogP contribution in [0.1, 0.15) is 17.9 Å². The van der Waals surface area contributed by atoms with Crippen molar-refractivity contribution < 1.29 is 14.3 Å². The molecule has 1 amide bonds. The van der Waals surface area contributed by atoms with Crippen LogP contribution < -0.4 is 14.8 Å². The number of ether oxygens (including phenoxy) is 2. The van der Waals surface area contributed by atoms with Gasteiger partial charge in [-0.25, -0.2) is 0 Å². The molecule has 1 N–H and O–H groups in total. The molecule has 1 atom stereocenters. The summed E-state index contributed by atoms with van der Waals surface area (Å²) < 4.78 is 10.9. The van der Waals surface area contributed by atoms with Crippen LogP contribution in [-0.2, 0) is 4.79 Å². The highest BCUT2D eigenvalue weighted by Gasteiger charge is 2.28. The fraction of sp³-hybridized carbons (Fsp3) is 0.200. The Labute approximate surface area is 155 Å². The normalized spacial score (nSPS) is 15.8. The molecule has 132 valence electrons. The van der Waals surface area contributed by atoms with Crippen LogP contribution in [0, 0.1) is 0 Å². The van der Waals surface area contributed by atoms with E-state index in [0.29, 0.717) is 29.5 Å². The number of nitrogens with one attached hydrogen (secondary N) is 1. The first kappa shape index (κ1) is 16.7. The molecule has 4 rings (SSSR count). The third-order valence-electron chi connectivity index (χ3n) is 4.55. The Balaban J connectivity index is 1.68. The van der Waals surface area contributed by atoms with E-state index in [4.69, 9.17) is 21.1 Å². The topological polar surface area (TPSA) is 60.5 Å². The Hall–Kier alpha value is -2.79. The summed E-state index contributed by atoms with van der Waals surface area (Å²) in [6.07, 6.45) is 4.01. The molecule has 1 aromatic heterocycles. The lowest BCUT2D eigenvalue weighted by Crippen LogP contribution is -2.26. The highest BCUT2D eigenvalue weighted by molar-refractivity contribution is 6.30. The number of pyridine rings is 1. The molecule has 1 aliphatic heterocycles. The van der Waals surface area contributed by atoms with Crippen LogP contribution in [0.4, 0.5) is 5.69 Å². The molecule has 26 heavy (non-hydrogen) atoms. The third kappa shape index (κ3) is 3.06. The summed E-state index contributed by atoms with van der Waals surface area (Å²) in [5.74, 6) is 1.01. The first-order valence-electron chi connectivity index (χ1n) is 8.30. The number of nitrogens with zero attached hydrogens (tertiary/aromatic N) is 1. The Morgan fingerprint density at radius 1 is 1.27 bits per heavy atom. The molecule has 2 aromatic carbocycles. The summed E-state index contributed by atoms with van der Waals surface area (Å²) in [5, 5.41) is 5.41. The van der Waals surface area contributed by atoms with Crippen molar-refractivity contribution in [2.75, 3.05) is 19.0 Å². The fourth-order valence-corrected chi connectivity index (χ4v) is 3.41. The smallest absolute Gasteiger partial charge is 0.232 e. The lowest BCUT2D eigenvalue weighted by atomic mass is 9.92. The molecule has 2 heterocycles. The molecule has 0 unspecified atom stereocenters. The summed E-state index contributed by atoms with van der Waals surface area (Å²) in [7, 11) is 1.61. The van der Waals surface area contributed by atoms with E-state index in [1.807, 2.05) is 18.2 Å². The molecule has 0 radical (unpaired) electrons. The number of fused-ring (bicyclic) bond motifs is 2. The van der Waals surface area contributed by atoms with Crippen molar-refractivity contribution in [1.82, 2.24) is 4.98 Å². The van der Waals surface area contributed by atoms with Gasteiger partial charge in [0.2, 0.25) is 5.91 Å².